The topological polar surface area (TPSA) is 80.9 Å². The highest BCUT2D eigenvalue weighted by Crippen LogP contribution is 2.34. The van der Waals surface area contributed by atoms with E-state index in [1.54, 1.807) is 29.3 Å². The molecule has 98 valence electrons. The third kappa shape index (κ3) is 2.21. The minimum atomic E-state index is -0.762. The number of aromatic nitrogens is 4. The average Bonchev–Trinajstić information content (AvgIpc) is 2.84. The highest BCUT2D eigenvalue weighted by molar-refractivity contribution is 5.68. The second-order valence-electron chi connectivity index (χ2n) is 4.69. The molecule has 0 bridgehead atoms. The van der Waals surface area contributed by atoms with Crippen LogP contribution >= 0.6 is 0 Å². The molecular formula is C13H14N4O2. The van der Waals surface area contributed by atoms with Gasteiger partial charge in [-0.3, -0.25) is 4.79 Å². The molecule has 0 aromatic carbocycles. The van der Waals surface area contributed by atoms with E-state index in [2.05, 4.69) is 15.1 Å². The van der Waals surface area contributed by atoms with E-state index in [1.807, 2.05) is 0 Å². The number of carbonyl (C=O) groups is 1. The first-order valence-electron chi connectivity index (χ1n) is 6.31. The molecule has 0 saturated heterocycles. The van der Waals surface area contributed by atoms with Crippen molar-refractivity contribution >= 4 is 5.97 Å². The zero-order valence-corrected chi connectivity index (χ0v) is 10.4. The fourth-order valence-corrected chi connectivity index (χ4v) is 2.64. The van der Waals surface area contributed by atoms with E-state index in [0.29, 0.717) is 5.95 Å². The molecule has 0 saturated carbocycles. The molecule has 2 aromatic rings. The van der Waals surface area contributed by atoms with Gasteiger partial charge in [-0.05, 0) is 36.8 Å². The van der Waals surface area contributed by atoms with Crippen LogP contribution in [0.4, 0.5) is 0 Å². The molecule has 1 aliphatic carbocycles. The maximum atomic E-state index is 10.9. The van der Waals surface area contributed by atoms with Crippen LogP contribution in [0.5, 0.6) is 0 Å². The molecule has 6 heteroatoms. The fourth-order valence-electron chi connectivity index (χ4n) is 2.64. The lowest BCUT2D eigenvalue weighted by Crippen LogP contribution is -2.15. The zero-order valence-electron chi connectivity index (χ0n) is 10.4. The second-order valence-corrected chi connectivity index (χ2v) is 4.69. The van der Waals surface area contributed by atoms with E-state index in [-0.39, 0.29) is 12.3 Å². The molecule has 1 N–H and O–H groups in total. The van der Waals surface area contributed by atoms with Crippen LogP contribution in [0.15, 0.2) is 24.7 Å². The Bertz CT molecular complexity index is 594. The molecule has 0 aliphatic heterocycles. The van der Waals surface area contributed by atoms with Crippen molar-refractivity contribution in [3.8, 4) is 5.95 Å². The molecule has 2 aromatic heterocycles. The Morgan fingerprint density at radius 2 is 2.21 bits per heavy atom. The van der Waals surface area contributed by atoms with Gasteiger partial charge in [-0.1, -0.05) is 0 Å². The first-order valence-corrected chi connectivity index (χ1v) is 6.31. The fraction of sp³-hybridized carbons (Fsp3) is 0.385. The van der Waals surface area contributed by atoms with Gasteiger partial charge in [0.05, 0.1) is 18.3 Å². The van der Waals surface area contributed by atoms with Crippen molar-refractivity contribution in [1.29, 1.82) is 0 Å². The Kier molecular flexibility index (Phi) is 2.98. The van der Waals surface area contributed by atoms with Crippen LogP contribution in [0, 0.1) is 0 Å². The van der Waals surface area contributed by atoms with Gasteiger partial charge in [-0.15, -0.1) is 0 Å². The molecule has 0 fully saturated rings. The summed E-state index contributed by atoms with van der Waals surface area (Å²) in [6, 6.07) is 1.76. The van der Waals surface area contributed by atoms with E-state index < -0.39 is 5.97 Å². The van der Waals surface area contributed by atoms with Crippen molar-refractivity contribution in [2.24, 2.45) is 0 Å². The predicted molar refractivity (Wildman–Crippen MR) is 67.1 cm³/mol. The molecular weight excluding hydrogens is 244 g/mol. The van der Waals surface area contributed by atoms with Gasteiger partial charge in [0.25, 0.3) is 5.95 Å². The van der Waals surface area contributed by atoms with E-state index in [4.69, 9.17) is 5.11 Å². The summed E-state index contributed by atoms with van der Waals surface area (Å²) in [5.41, 5.74) is 2.07. The molecule has 19 heavy (non-hydrogen) atoms. The van der Waals surface area contributed by atoms with Gasteiger partial charge in [-0.2, -0.15) is 5.10 Å². The minimum absolute atomic E-state index is 0.0544. The maximum absolute atomic E-state index is 10.9. The zero-order chi connectivity index (χ0) is 13.2. The third-order valence-corrected chi connectivity index (χ3v) is 3.47. The van der Waals surface area contributed by atoms with Crippen molar-refractivity contribution in [3.63, 3.8) is 0 Å². The summed E-state index contributed by atoms with van der Waals surface area (Å²) in [6.07, 6.45) is 8.04. The standard InChI is InChI=1S/C13H14N4O2/c18-12(19)7-9-3-1-4-11-10(9)8-16-17(11)13-14-5-2-6-15-13/h2,5-6,8-9H,1,3-4,7H2,(H,18,19). The van der Waals surface area contributed by atoms with Crippen molar-refractivity contribution in [3.05, 3.63) is 35.9 Å². The Labute approximate surface area is 110 Å². The number of fused-ring (bicyclic) bond motifs is 1. The van der Waals surface area contributed by atoms with Gasteiger partial charge in [0.1, 0.15) is 0 Å². The van der Waals surface area contributed by atoms with Crippen molar-refractivity contribution in [2.75, 3.05) is 0 Å². The first-order chi connectivity index (χ1) is 9.25. The van der Waals surface area contributed by atoms with Crippen LogP contribution < -0.4 is 0 Å². The summed E-state index contributed by atoms with van der Waals surface area (Å²) in [6.45, 7) is 0. The van der Waals surface area contributed by atoms with Crippen molar-refractivity contribution in [1.82, 2.24) is 19.7 Å². The Morgan fingerprint density at radius 1 is 1.42 bits per heavy atom. The van der Waals surface area contributed by atoms with E-state index in [1.165, 1.54) is 0 Å². The van der Waals surface area contributed by atoms with Gasteiger partial charge < -0.3 is 5.11 Å². The van der Waals surface area contributed by atoms with Gasteiger partial charge >= 0.3 is 5.97 Å². The smallest absolute Gasteiger partial charge is 0.303 e. The molecule has 0 radical (unpaired) electrons. The monoisotopic (exact) mass is 258 g/mol. The number of nitrogens with zero attached hydrogens (tertiary/aromatic N) is 4. The summed E-state index contributed by atoms with van der Waals surface area (Å²) in [5, 5.41) is 13.3. The lowest BCUT2D eigenvalue weighted by Gasteiger charge is -2.21. The SMILES string of the molecule is O=C(O)CC1CCCc2c1cnn2-c1ncccn1. The lowest BCUT2D eigenvalue weighted by molar-refractivity contribution is -0.137. The quantitative estimate of drug-likeness (QED) is 0.903. The lowest BCUT2D eigenvalue weighted by atomic mass is 9.85. The van der Waals surface area contributed by atoms with Crippen molar-refractivity contribution < 1.29 is 9.90 Å². The molecule has 1 aliphatic rings. The summed E-state index contributed by atoms with van der Waals surface area (Å²) < 4.78 is 1.73. The number of carboxylic acid groups (broad SMARTS) is 1. The highest BCUT2D eigenvalue weighted by Gasteiger charge is 2.26. The van der Waals surface area contributed by atoms with Crippen LogP contribution in [-0.2, 0) is 11.2 Å². The van der Waals surface area contributed by atoms with Crippen LogP contribution in [0.3, 0.4) is 0 Å². The molecule has 0 spiro atoms. The summed E-state index contributed by atoms with van der Waals surface area (Å²) in [4.78, 5) is 19.3. The molecule has 1 atom stereocenters. The highest BCUT2D eigenvalue weighted by atomic mass is 16.4. The molecule has 1 unspecified atom stereocenters. The van der Waals surface area contributed by atoms with E-state index in [9.17, 15) is 4.79 Å². The van der Waals surface area contributed by atoms with Crippen LogP contribution in [0.2, 0.25) is 0 Å². The first kappa shape index (κ1) is 11.8. The third-order valence-electron chi connectivity index (χ3n) is 3.47. The number of rotatable bonds is 3. The van der Waals surface area contributed by atoms with Crippen molar-refractivity contribution in [2.45, 2.75) is 31.6 Å². The summed E-state index contributed by atoms with van der Waals surface area (Å²) in [5.74, 6) is -0.167. The second kappa shape index (κ2) is 4.79. The molecule has 0 amide bonds. The number of hydrogen-bond acceptors (Lipinski definition) is 4. The number of carboxylic acids is 1. The van der Waals surface area contributed by atoms with Crippen LogP contribution in [0.25, 0.3) is 5.95 Å². The molecule has 3 rings (SSSR count). The van der Waals surface area contributed by atoms with Crippen LogP contribution in [0.1, 0.15) is 36.4 Å². The van der Waals surface area contributed by atoms with Crippen LogP contribution in [-0.4, -0.2) is 30.8 Å². The molecule has 6 nitrogen and oxygen atoms in total. The Hall–Kier alpha value is -2.24. The maximum Gasteiger partial charge on any atom is 0.303 e. The summed E-state index contributed by atoms with van der Waals surface area (Å²) >= 11 is 0. The average molecular weight is 258 g/mol. The Balaban J connectivity index is 1.98. The summed E-state index contributed by atoms with van der Waals surface area (Å²) in [7, 11) is 0. The molecule has 2 heterocycles. The van der Waals surface area contributed by atoms with Gasteiger partial charge in [-0.25, -0.2) is 14.6 Å². The van der Waals surface area contributed by atoms with Gasteiger partial charge in [0.2, 0.25) is 0 Å². The number of hydrogen-bond donors (Lipinski definition) is 1. The van der Waals surface area contributed by atoms with Gasteiger partial charge in [0, 0.05) is 12.4 Å². The van der Waals surface area contributed by atoms with E-state index >= 15 is 0 Å². The largest absolute Gasteiger partial charge is 0.481 e. The predicted octanol–water partition coefficient (Wildman–Crippen LogP) is 1.56. The minimum Gasteiger partial charge on any atom is -0.481 e. The Morgan fingerprint density at radius 3 is 2.95 bits per heavy atom. The number of aliphatic carboxylic acids is 1. The van der Waals surface area contributed by atoms with E-state index in [0.717, 1.165) is 30.5 Å². The normalized spacial score (nSPS) is 18.0. The van der Waals surface area contributed by atoms with Gasteiger partial charge in [0.15, 0.2) is 0 Å².